The Morgan fingerprint density at radius 3 is 2.62 bits per heavy atom. The van der Waals surface area contributed by atoms with Gasteiger partial charge >= 0.3 is 12.2 Å². The Hall–Kier alpha value is -3.99. The maximum absolute atomic E-state index is 15.4. The number of hydrogen-bond donors (Lipinski definition) is 2. The van der Waals surface area contributed by atoms with Gasteiger partial charge in [0.15, 0.2) is 11.6 Å². The number of carbonyl (C=O) groups is 1. The third-order valence-corrected chi connectivity index (χ3v) is 5.96. The van der Waals surface area contributed by atoms with Crippen molar-refractivity contribution in [3.05, 3.63) is 83.3 Å². The van der Waals surface area contributed by atoms with E-state index in [1.54, 1.807) is 25.3 Å². The molecular formula is C26H21F5N4O2. The van der Waals surface area contributed by atoms with Crippen molar-refractivity contribution in [2.45, 2.75) is 38.5 Å². The molecule has 1 saturated carbocycles. The molecule has 2 N–H and O–H groups in total. The van der Waals surface area contributed by atoms with Gasteiger partial charge in [-0.05, 0) is 62.2 Å². The molecule has 0 unspecified atom stereocenters. The number of nitrogens with zero attached hydrogens (tertiary/aromatic N) is 2. The zero-order valence-corrected chi connectivity index (χ0v) is 19.5. The molecule has 0 atom stereocenters. The molecule has 1 aliphatic carbocycles. The average Bonchev–Trinajstić information content (AvgIpc) is 3.61. The summed E-state index contributed by atoms with van der Waals surface area (Å²) in [7, 11) is 0. The predicted molar refractivity (Wildman–Crippen MR) is 127 cm³/mol. The molecule has 6 nitrogen and oxygen atoms in total. The lowest BCUT2D eigenvalue weighted by atomic mass is 10.2. The number of pyridine rings is 1. The number of nitrogens with one attached hydrogen (secondary N) is 2. The molecular weight excluding hydrogens is 495 g/mol. The minimum Gasteiger partial charge on any atom is -0.454 e. The van der Waals surface area contributed by atoms with Crippen molar-refractivity contribution < 1.29 is 31.5 Å². The van der Waals surface area contributed by atoms with Gasteiger partial charge in [-0.2, -0.15) is 13.2 Å². The number of hydrogen-bond acceptors (Lipinski definition) is 4. The number of fused-ring (bicyclic) bond motifs is 1. The zero-order chi connectivity index (χ0) is 26.3. The van der Waals surface area contributed by atoms with Crippen LogP contribution >= 0.6 is 0 Å². The van der Waals surface area contributed by atoms with Crippen LogP contribution < -0.4 is 15.4 Å². The van der Waals surface area contributed by atoms with E-state index in [1.165, 1.54) is 18.2 Å². The Balaban J connectivity index is 1.39. The van der Waals surface area contributed by atoms with E-state index in [0.29, 0.717) is 36.2 Å². The van der Waals surface area contributed by atoms with Gasteiger partial charge in [-0.1, -0.05) is 0 Å². The number of amides is 1. The number of aryl methyl sites for hydroxylation is 1. The standard InChI is InChI=1S/C26H21F5N4O2/c1-14-10-19-22(35(14)25(36)34-16-4-5-21(27)20(12-16)26(29,30)31)6-7-23(24(19)28)37-18-8-9-32-17(11-18)13-33-15-2-3-15/h4-12,15,33H,2-3,13H2,1H3,(H,34,36). The number of benzene rings is 2. The minimum absolute atomic E-state index is 0.0642. The molecule has 0 spiro atoms. The number of alkyl halides is 3. The Bertz CT molecular complexity index is 1490. The second kappa shape index (κ2) is 9.47. The van der Waals surface area contributed by atoms with Crippen LogP contribution in [0.2, 0.25) is 0 Å². The molecule has 2 aromatic carbocycles. The smallest absolute Gasteiger partial charge is 0.419 e. The van der Waals surface area contributed by atoms with Crippen LogP contribution in [0, 0.1) is 18.6 Å². The number of ether oxygens (including phenoxy) is 1. The highest BCUT2D eigenvalue weighted by Gasteiger charge is 2.34. The molecule has 5 rings (SSSR count). The van der Waals surface area contributed by atoms with Gasteiger partial charge in [0, 0.05) is 41.6 Å². The van der Waals surface area contributed by atoms with Crippen LogP contribution in [-0.2, 0) is 12.7 Å². The van der Waals surface area contributed by atoms with E-state index in [1.807, 2.05) is 0 Å². The van der Waals surface area contributed by atoms with Crippen molar-refractivity contribution in [3.63, 3.8) is 0 Å². The molecule has 192 valence electrons. The van der Waals surface area contributed by atoms with Crippen LogP contribution in [-0.4, -0.2) is 21.6 Å². The highest BCUT2D eigenvalue weighted by Crippen LogP contribution is 2.34. The largest absolute Gasteiger partial charge is 0.454 e. The summed E-state index contributed by atoms with van der Waals surface area (Å²) < 4.78 is 74.9. The van der Waals surface area contributed by atoms with Crippen LogP contribution in [0.5, 0.6) is 11.5 Å². The van der Waals surface area contributed by atoms with Gasteiger partial charge in [0.05, 0.1) is 16.8 Å². The fraction of sp³-hybridized carbons (Fsp3) is 0.231. The van der Waals surface area contributed by atoms with E-state index in [9.17, 15) is 22.4 Å². The maximum atomic E-state index is 15.4. The van der Waals surface area contributed by atoms with E-state index in [2.05, 4.69) is 15.6 Å². The predicted octanol–water partition coefficient (Wildman–Crippen LogP) is 6.77. The number of anilines is 1. The van der Waals surface area contributed by atoms with Crippen molar-refractivity contribution in [3.8, 4) is 11.5 Å². The molecule has 4 aromatic rings. The van der Waals surface area contributed by atoms with Crippen molar-refractivity contribution in [2.75, 3.05) is 5.32 Å². The van der Waals surface area contributed by atoms with E-state index in [4.69, 9.17) is 4.74 Å². The first kappa shape index (κ1) is 24.7. The number of rotatable bonds is 6. The fourth-order valence-corrected chi connectivity index (χ4v) is 3.99. The number of halogens is 5. The fourth-order valence-electron chi connectivity index (χ4n) is 3.99. The van der Waals surface area contributed by atoms with E-state index >= 15 is 4.39 Å². The van der Waals surface area contributed by atoms with E-state index in [0.717, 1.165) is 29.2 Å². The van der Waals surface area contributed by atoms with Crippen LogP contribution in [0.4, 0.5) is 32.4 Å². The van der Waals surface area contributed by atoms with Gasteiger partial charge in [-0.25, -0.2) is 13.6 Å². The molecule has 37 heavy (non-hydrogen) atoms. The van der Waals surface area contributed by atoms with E-state index in [-0.39, 0.29) is 22.3 Å². The summed E-state index contributed by atoms with van der Waals surface area (Å²) in [6, 6.07) is 9.39. The second-order valence-electron chi connectivity index (χ2n) is 8.79. The lowest BCUT2D eigenvalue weighted by molar-refractivity contribution is -0.139. The van der Waals surface area contributed by atoms with Gasteiger partial charge in [-0.15, -0.1) is 0 Å². The minimum atomic E-state index is -4.93. The van der Waals surface area contributed by atoms with Crippen molar-refractivity contribution in [1.29, 1.82) is 0 Å². The highest BCUT2D eigenvalue weighted by molar-refractivity contribution is 6.00. The molecule has 1 amide bonds. The molecule has 0 aliphatic heterocycles. The quantitative estimate of drug-likeness (QED) is 0.278. The van der Waals surface area contributed by atoms with Gasteiger partial charge in [0.25, 0.3) is 0 Å². The summed E-state index contributed by atoms with van der Waals surface area (Å²) in [5.74, 6) is -1.83. The summed E-state index contributed by atoms with van der Waals surface area (Å²) in [5, 5.41) is 5.74. The van der Waals surface area contributed by atoms with Crippen LogP contribution in [0.1, 0.15) is 29.8 Å². The van der Waals surface area contributed by atoms with Gasteiger partial charge < -0.3 is 15.4 Å². The first-order chi connectivity index (χ1) is 17.6. The summed E-state index contributed by atoms with van der Waals surface area (Å²) in [6.45, 7) is 2.12. The second-order valence-corrected chi connectivity index (χ2v) is 8.79. The van der Waals surface area contributed by atoms with Crippen molar-refractivity contribution in [2.24, 2.45) is 0 Å². The van der Waals surface area contributed by atoms with Gasteiger partial charge in [0.1, 0.15) is 11.6 Å². The average molecular weight is 516 g/mol. The lowest BCUT2D eigenvalue weighted by Gasteiger charge is -2.13. The first-order valence-corrected chi connectivity index (χ1v) is 11.4. The maximum Gasteiger partial charge on any atom is 0.419 e. The molecule has 0 radical (unpaired) electrons. The van der Waals surface area contributed by atoms with Crippen LogP contribution in [0.25, 0.3) is 10.9 Å². The van der Waals surface area contributed by atoms with Crippen molar-refractivity contribution in [1.82, 2.24) is 14.9 Å². The van der Waals surface area contributed by atoms with Crippen LogP contribution in [0.15, 0.2) is 54.7 Å². The lowest BCUT2D eigenvalue weighted by Crippen LogP contribution is -2.21. The molecule has 1 fully saturated rings. The number of aromatic nitrogens is 2. The SMILES string of the molecule is Cc1cc2c(F)c(Oc3ccnc(CNC4CC4)c3)ccc2n1C(=O)Nc1ccc(F)c(C(F)(F)F)c1. The Kier molecular flexibility index (Phi) is 6.32. The third kappa shape index (κ3) is 5.26. The van der Waals surface area contributed by atoms with E-state index < -0.39 is 29.4 Å². The molecule has 0 saturated heterocycles. The Labute approximate surface area is 208 Å². The highest BCUT2D eigenvalue weighted by atomic mass is 19.4. The van der Waals surface area contributed by atoms with Crippen molar-refractivity contribution >= 4 is 22.6 Å². The van der Waals surface area contributed by atoms with Gasteiger partial charge in [-0.3, -0.25) is 9.55 Å². The Morgan fingerprint density at radius 2 is 1.89 bits per heavy atom. The monoisotopic (exact) mass is 516 g/mol. The normalized spacial score (nSPS) is 13.7. The van der Waals surface area contributed by atoms with Gasteiger partial charge in [0.2, 0.25) is 0 Å². The molecule has 2 aromatic heterocycles. The topological polar surface area (TPSA) is 68.2 Å². The molecule has 11 heteroatoms. The summed E-state index contributed by atoms with van der Waals surface area (Å²) in [6.07, 6.45) is -1.09. The third-order valence-electron chi connectivity index (χ3n) is 5.96. The number of carbonyl (C=O) groups excluding carboxylic acids is 1. The zero-order valence-electron chi connectivity index (χ0n) is 19.5. The summed E-state index contributed by atoms with van der Waals surface area (Å²) in [4.78, 5) is 17.2. The molecule has 1 aliphatic rings. The molecule has 2 heterocycles. The summed E-state index contributed by atoms with van der Waals surface area (Å²) in [5.41, 5.74) is -0.500. The first-order valence-electron chi connectivity index (χ1n) is 11.4. The molecule has 0 bridgehead atoms. The van der Waals surface area contributed by atoms with Crippen LogP contribution in [0.3, 0.4) is 0 Å². The Morgan fingerprint density at radius 1 is 1.11 bits per heavy atom. The summed E-state index contributed by atoms with van der Waals surface area (Å²) >= 11 is 0.